The van der Waals surface area contributed by atoms with E-state index >= 15 is 0 Å². The molecule has 7 heteroatoms. The van der Waals surface area contributed by atoms with Crippen molar-refractivity contribution in [3.8, 4) is 11.5 Å². The lowest BCUT2D eigenvalue weighted by Crippen LogP contribution is -2.37. The number of rotatable bonds is 8. The minimum atomic E-state index is -0.355. The Kier molecular flexibility index (Phi) is 7.19. The molecule has 0 aromatic heterocycles. The minimum Gasteiger partial charge on any atom is -0.493 e. The minimum absolute atomic E-state index is 0.355. The van der Waals surface area contributed by atoms with Crippen LogP contribution in [0, 0.1) is 0 Å². The van der Waals surface area contributed by atoms with Gasteiger partial charge in [-0.05, 0) is 31.2 Å². The normalized spacial score (nSPS) is 13.7. The highest BCUT2D eigenvalue weighted by atomic mass is 16.5. The zero-order chi connectivity index (χ0) is 20.6. The standard InChI is InChI=1S/C22H28N2O5/c1-4-29-21-16(6-5-7-20(21)26-2)15-23-17-8-9-19(18(14-17)22(25)27-3)24-10-12-28-13-11-24/h5-9,14,23H,4,10-13,15H2,1-3H3. The Morgan fingerprint density at radius 1 is 1.17 bits per heavy atom. The number of methoxy groups -OCH3 is 2. The second-order valence-electron chi connectivity index (χ2n) is 6.56. The molecule has 0 radical (unpaired) electrons. The predicted molar refractivity (Wildman–Crippen MR) is 112 cm³/mol. The van der Waals surface area contributed by atoms with E-state index in [2.05, 4.69) is 10.2 Å². The van der Waals surface area contributed by atoms with Crippen molar-refractivity contribution in [2.24, 2.45) is 0 Å². The number of benzene rings is 2. The van der Waals surface area contributed by atoms with Gasteiger partial charge < -0.3 is 29.2 Å². The molecule has 0 unspecified atom stereocenters. The first-order chi connectivity index (χ1) is 14.2. The van der Waals surface area contributed by atoms with Crippen LogP contribution in [0.5, 0.6) is 11.5 Å². The molecule has 1 heterocycles. The highest BCUT2D eigenvalue weighted by Crippen LogP contribution is 2.32. The van der Waals surface area contributed by atoms with Crippen molar-refractivity contribution in [1.29, 1.82) is 0 Å². The summed E-state index contributed by atoms with van der Waals surface area (Å²) in [7, 11) is 3.03. The summed E-state index contributed by atoms with van der Waals surface area (Å²) in [5, 5.41) is 3.37. The van der Waals surface area contributed by atoms with E-state index in [0.29, 0.717) is 37.7 Å². The monoisotopic (exact) mass is 400 g/mol. The molecule has 0 saturated carbocycles. The third-order valence-electron chi connectivity index (χ3n) is 4.81. The fourth-order valence-electron chi connectivity index (χ4n) is 3.37. The molecule has 0 bridgehead atoms. The number of hydrogen-bond donors (Lipinski definition) is 1. The summed E-state index contributed by atoms with van der Waals surface area (Å²) in [6.07, 6.45) is 0. The van der Waals surface area contributed by atoms with Crippen LogP contribution in [-0.2, 0) is 16.0 Å². The van der Waals surface area contributed by atoms with E-state index in [1.54, 1.807) is 7.11 Å². The van der Waals surface area contributed by atoms with Crippen LogP contribution in [-0.4, -0.2) is 53.1 Å². The molecule has 0 amide bonds. The van der Waals surface area contributed by atoms with Gasteiger partial charge in [-0.15, -0.1) is 0 Å². The number of nitrogens with one attached hydrogen (secondary N) is 1. The molecule has 2 aromatic rings. The van der Waals surface area contributed by atoms with Gasteiger partial charge in [0.1, 0.15) is 0 Å². The molecule has 1 fully saturated rings. The van der Waals surface area contributed by atoms with Crippen molar-refractivity contribution in [3.05, 3.63) is 47.5 Å². The van der Waals surface area contributed by atoms with Crippen LogP contribution in [0.15, 0.2) is 36.4 Å². The van der Waals surface area contributed by atoms with E-state index in [-0.39, 0.29) is 5.97 Å². The lowest BCUT2D eigenvalue weighted by molar-refractivity contribution is 0.0600. The summed E-state index contributed by atoms with van der Waals surface area (Å²) in [6.45, 7) is 5.82. The van der Waals surface area contributed by atoms with Crippen molar-refractivity contribution in [2.45, 2.75) is 13.5 Å². The Hall–Kier alpha value is -2.93. The Morgan fingerprint density at radius 2 is 1.97 bits per heavy atom. The number of esters is 1. The molecule has 7 nitrogen and oxygen atoms in total. The highest BCUT2D eigenvalue weighted by molar-refractivity contribution is 5.97. The van der Waals surface area contributed by atoms with Crippen LogP contribution in [0.1, 0.15) is 22.8 Å². The molecule has 1 N–H and O–H groups in total. The summed E-state index contributed by atoms with van der Waals surface area (Å²) < 4.78 is 21.6. The molecule has 0 aliphatic carbocycles. The maximum atomic E-state index is 12.4. The van der Waals surface area contributed by atoms with E-state index in [0.717, 1.165) is 35.8 Å². The summed E-state index contributed by atoms with van der Waals surface area (Å²) >= 11 is 0. The number of para-hydroxylation sites is 1. The van der Waals surface area contributed by atoms with Crippen molar-refractivity contribution >= 4 is 17.3 Å². The molecule has 1 aliphatic heterocycles. The number of nitrogens with zero attached hydrogens (tertiary/aromatic N) is 1. The first-order valence-electron chi connectivity index (χ1n) is 9.75. The SMILES string of the molecule is CCOc1c(CNc2ccc(N3CCOCC3)c(C(=O)OC)c2)cccc1OC. The van der Waals surface area contributed by atoms with Crippen LogP contribution in [0.2, 0.25) is 0 Å². The number of carbonyl (C=O) groups excluding carboxylic acids is 1. The third kappa shape index (κ3) is 4.92. The van der Waals surface area contributed by atoms with Crippen molar-refractivity contribution in [3.63, 3.8) is 0 Å². The average Bonchev–Trinajstić information content (AvgIpc) is 2.78. The van der Waals surface area contributed by atoms with E-state index in [4.69, 9.17) is 18.9 Å². The molecule has 2 aromatic carbocycles. The Labute approximate surface area is 171 Å². The second kappa shape index (κ2) is 10.0. The first-order valence-corrected chi connectivity index (χ1v) is 9.75. The van der Waals surface area contributed by atoms with Crippen molar-refractivity contribution in [1.82, 2.24) is 0 Å². The third-order valence-corrected chi connectivity index (χ3v) is 4.81. The summed E-state index contributed by atoms with van der Waals surface area (Å²) in [5.74, 6) is 1.07. The molecule has 3 rings (SSSR count). The summed E-state index contributed by atoms with van der Waals surface area (Å²) in [6, 6.07) is 11.6. The van der Waals surface area contributed by atoms with Gasteiger partial charge in [0, 0.05) is 30.9 Å². The number of ether oxygens (including phenoxy) is 4. The van der Waals surface area contributed by atoms with Gasteiger partial charge in [0.05, 0.1) is 45.3 Å². The van der Waals surface area contributed by atoms with Gasteiger partial charge in [-0.1, -0.05) is 12.1 Å². The maximum Gasteiger partial charge on any atom is 0.340 e. The molecular formula is C22H28N2O5. The Morgan fingerprint density at radius 3 is 2.66 bits per heavy atom. The van der Waals surface area contributed by atoms with Gasteiger partial charge in [-0.25, -0.2) is 4.79 Å². The van der Waals surface area contributed by atoms with Crippen molar-refractivity contribution < 1.29 is 23.7 Å². The quantitative estimate of drug-likeness (QED) is 0.682. The van der Waals surface area contributed by atoms with Crippen LogP contribution in [0.4, 0.5) is 11.4 Å². The number of morpholine rings is 1. The van der Waals surface area contributed by atoms with Crippen LogP contribution < -0.4 is 19.7 Å². The maximum absolute atomic E-state index is 12.4. The molecule has 29 heavy (non-hydrogen) atoms. The van der Waals surface area contributed by atoms with Crippen LogP contribution in [0.25, 0.3) is 0 Å². The largest absolute Gasteiger partial charge is 0.493 e. The van der Waals surface area contributed by atoms with Crippen molar-refractivity contribution in [2.75, 3.05) is 57.3 Å². The smallest absolute Gasteiger partial charge is 0.340 e. The van der Waals surface area contributed by atoms with Gasteiger partial charge in [-0.3, -0.25) is 0 Å². The van der Waals surface area contributed by atoms with Gasteiger partial charge in [0.2, 0.25) is 0 Å². The summed E-state index contributed by atoms with van der Waals surface area (Å²) in [5.41, 5.74) is 3.20. The van der Waals surface area contributed by atoms with E-state index < -0.39 is 0 Å². The van der Waals surface area contributed by atoms with Gasteiger partial charge in [0.15, 0.2) is 11.5 Å². The molecule has 156 valence electrons. The summed E-state index contributed by atoms with van der Waals surface area (Å²) in [4.78, 5) is 14.5. The molecule has 1 aliphatic rings. The Balaban J connectivity index is 1.82. The number of hydrogen-bond acceptors (Lipinski definition) is 7. The highest BCUT2D eigenvalue weighted by Gasteiger charge is 2.20. The predicted octanol–water partition coefficient (Wildman–Crippen LogP) is 3.33. The lowest BCUT2D eigenvalue weighted by Gasteiger charge is -2.30. The van der Waals surface area contributed by atoms with Gasteiger partial charge in [-0.2, -0.15) is 0 Å². The fraction of sp³-hybridized carbons (Fsp3) is 0.409. The van der Waals surface area contributed by atoms with E-state index in [1.165, 1.54) is 7.11 Å². The zero-order valence-electron chi connectivity index (χ0n) is 17.2. The van der Waals surface area contributed by atoms with E-state index in [1.807, 2.05) is 43.3 Å². The zero-order valence-corrected chi connectivity index (χ0v) is 17.2. The molecule has 0 spiro atoms. The molecular weight excluding hydrogens is 372 g/mol. The topological polar surface area (TPSA) is 69.3 Å². The van der Waals surface area contributed by atoms with E-state index in [9.17, 15) is 4.79 Å². The number of anilines is 2. The van der Waals surface area contributed by atoms with Crippen LogP contribution >= 0.6 is 0 Å². The average molecular weight is 400 g/mol. The van der Waals surface area contributed by atoms with Gasteiger partial charge in [0.25, 0.3) is 0 Å². The first kappa shape index (κ1) is 20.8. The van der Waals surface area contributed by atoms with Gasteiger partial charge >= 0.3 is 5.97 Å². The lowest BCUT2D eigenvalue weighted by atomic mass is 10.1. The molecule has 0 atom stereocenters. The Bertz CT molecular complexity index is 834. The fourth-order valence-corrected chi connectivity index (χ4v) is 3.37. The molecule has 1 saturated heterocycles. The van der Waals surface area contributed by atoms with Crippen LogP contribution in [0.3, 0.4) is 0 Å². The second-order valence-corrected chi connectivity index (χ2v) is 6.56. The number of carbonyl (C=O) groups is 1.